The van der Waals surface area contributed by atoms with Crippen molar-refractivity contribution in [2.75, 3.05) is 6.61 Å². The molecule has 0 saturated heterocycles. The van der Waals surface area contributed by atoms with Gasteiger partial charge >= 0.3 is 29.8 Å². The zero-order valence-electron chi connectivity index (χ0n) is 35.1. The lowest BCUT2D eigenvalue weighted by Gasteiger charge is -2.35. The van der Waals surface area contributed by atoms with Crippen molar-refractivity contribution < 1.29 is 52.3 Å². The molecular formula is C48H38ClN7O10. The molecule has 0 aliphatic carbocycles. The molecule has 0 unspecified atom stereocenters. The number of benzene rings is 5. The maximum Gasteiger partial charge on any atom is 0.339 e. The Morgan fingerprint density at radius 2 is 1.05 bits per heavy atom. The number of nitrogens with zero attached hydrogens (tertiary/aromatic N) is 7. The summed E-state index contributed by atoms with van der Waals surface area (Å²) in [6.45, 7) is 2.75. The highest BCUT2D eigenvalue weighted by molar-refractivity contribution is 6.32. The molecule has 66 heavy (non-hydrogen) atoms. The number of fused-ring (bicyclic) bond motifs is 3. The van der Waals surface area contributed by atoms with Gasteiger partial charge in [-0.05, 0) is 76.8 Å². The summed E-state index contributed by atoms with van der Waals surface area (Å²) in [4.78, 5) is 70.7. The van der Waals surface area contributed by atoms with Crippen molar-refractivity contribution in [2.24, 2.45) is 0 Å². The zero-order chi connectivity index (χ0) is 46.2. The Bertz CT molecular complexity index is 2910. The van der Waals surface area contributed by atoms with Crippen LogP contribution in [0.3, 0.4) is 0 Å². The number of halogens is 1. The van der Waals surface area contributed by atoms with Crippen LogP contribution in [-0.2, 0) is 29.2 Å². The third kappa shape index (κ3) is 9.75. The third-order valence-corrected chi connectivity index (χ3v) is 10.7. The second kappa shape index (κ2) is 19.6. The number of aromatic nitrogens is 5. The molecule has 8 rings (SSSR count). The van der Waals surface area contributed by atoms with E-state index in [1.807, 2.05) is 0 Å². The Morgan fingerprint density at radius 3 is 1.53 bits per heavy atom. The van der Waals surface area contributed by atoms with Crippen LogP contribution in [0.25, 0.3) is 11.1 Å². The summed E-state index contributed by atoms with van der Waals surface area (Å²) in [5, 5.41) is 15.9. The molecule has 5 aromatic carbocycles. The number of esters is 5. The van der Waals surface area contributed by atoms with Gasteiger partial charge in [0.05, 0.1) is 33.4 Å². The van der Waals surface area contributed by atoms with Gasteiger partial charge in [0.25, 0.3) is 0 Å². The van der Waals surface area contributed by atoms with Gasteiger partial charge in [-0.2, -0.15) is 0 Å². The topological polar surface area (TPSA) is 205 Å². The van der Waals surface area contributed by atoms with E-state index in [1.54, 1.807) is 105 Å². The van der Waals surface area contributed by atoms with Gasteiger partial charge in [0, 0.05) is 13.8 Å². The predicted molar refractivity (Wildman–Crippen MR) is 235 cm³/mol. The van der Waals surface area contributed by atoms with E-state index in [2.05, 4.69) is 20.6 Å². The molecule has 0 spiro atoms. The minimum Gasteiger partial charge on any atom is -0.458 e. The summed E-state index contributed by atoms with van der Waals surface area (Å²) in [6.07, 6.45) is -6.04. The van der Waals surface area contributed by atoms with Crippen molar-refractivity contribution in [3.8, 4) is 0 Å². The van der Waals surface area contributed by atoms with Gasteiger partial charge in [-0.15, -0.1) is 14.8 Å². The van der Waals surface area contributed by atoms with E-state index in [1.165, 1.54) is 71.6 Å². The first-order valence-corrected chi connectivity index (χ1v) is 20.8. The Morgan fingerprint density at radius 1 is 0.621 bits per heavy atom. The summed E-state index contributed by atoms with van der Waals surface area (Å²) in [6, 6.07) is 39.5. The molecule has 332 valence electrons. The lowest BCUT2D eigenvalue weighted by atomic mass is 9.96. The minimum atomic E-state index is -1.92. The number of tetrazole rings is 1. The summed E-state index contributed by atoms with van der Waals surface area (Å²) >= 11 is 6.65. The van der Waals surface area contributed by atoms with Gasteiger partial charge in [-0.1, -0.05) is 103 Å². The van der Waals surface area contributed by atoms with Crippen LogP contribution in [0.5, 0.6) is 0 Å². The fourth-order valence-electron chi connectivity index (χ4n) is 7.05. The van der Waals surface area contributed by atoms with Gasteiger partial charge in [0.2, 0.25) is 11.8 Å². The molecular weight excluding hydrogens is 870 g/mol. The fourth-order valence-corrected chi connectivity index (χ4v) is 7.25. The van der Waals surface area contributed by atoms with E-state index >= 15 is 0 Å². The predicted octanol–water partition coefficient (Wildman–Crippen LogP) is 7.18. The van der Waals surface area contributed by atoms with Crippen molar-refractivity contribution in [1.29, 1.82) is 0 Å². The monoisotopic (exact) mass is 907 g/mol. The number of ether oxygens (including phenoxy) is 5. The van der Waals surface area contributed by atoms with Crippen molar-refractivity contribution >= 4 is 59.0 Å². The Balaban J connectivity index is 1.32. The van der Waals surface area contributed by atoms with Crippen LogP contribution in [0, 0.1) is 0 Å². The van der Waals surface area contributed by atoms with Gasteiger partial charge in [-0.25, -0.2) is 24.0 Å². The van der Waals surface area contributed by atoms with E-state index in [4.69, 9.17) is 40.7 Å². The molecule has 0 saturated carbocycles. The number of hydrogen-bond donors (Lipinski definition) is 0. The summed E-state index contributed by atoms with van der Waals surface area (Å²) < 4.78 is 33.3. The quantitative estimate of drug-likeness (QED) is 0.0568. The summed E-state index contributed by atoms with van der Waals surface area (Å²) in [7, 11) is 0. The Hall–Kier alpha value is -8.31. The maximum atomic E-state index is 14.4. The molecule has 18 heteroatoms. The Labute approximate surface area is 381 Å². The summed E-state index contributed by atoms with van der Waals surface area (Å²) in [5.41, 5.74) is 4.81. The van der Waals surface area contributed by atoms with Crippen LogP contribution in [-0.4, -0.2) is 97.0 Å². The number of rotatable bonds is 15. The van der Waals surface area contributed by atoms with Gasteiger partial charge in [0.15, 0.2) is 30.1 Å². The van der Waals surface area contributed by atoms with Crippen LogP contribution in [0.4, 0.5) is 5.69 Å². The molecule has 2 aromatic heterocycles. The molecule has 0 radical (unpaired) electrons. The molecule has 0 fully saturated rings. The SMILES string of the molecule is CC1(C)c2c(c(Cl)nn3nnnc23)[N-]/[N+]1=C/[C@H](OC(=O)c1ccccc1)[C@@H](OC(=O)c1ccccc1)[C@H](OC(=O)c1ccccc1)[C@@H](COC(=O)c1ccccc1)OC(=O)c1ccccc1. The highest BCUT2D eigenvalue weighted by Gasteiger charge is 2.48. The van der Waals surface area contributed by atoms with Crippen LogP contribution in [0.1, 0.15) is 71.2 Å². The van der Waals surface area contributed by atoms with Crippen LogP contribution in [0.15, 0.2) is 152 Å². The van der Waals surface area contributed by atoms with E-state index in [-0.39, 0.29) is 44.3 Å². The standard InChI is InChI=1S/C48H38ClN7O10/c1-48(2)37-38(41(49)52-56-42(37)50-53-54-56)51-55(48)28-35(63-44(58)31-20-10-4-11-21-31)39(65-46(60)33-24-14-6-15-25-33)40(66-47(61)34-26-16-7-17-27-34)36(64-45(59)32-22-12-5-13-23-32)29-62-43(57)30-18-8-3-9-19-30/h3-28,35-36,39-40H,29H2,1-2H3/b55-28+/t35-,36+,39+,40+/m0/s1. The molecule has 4 atom stereocenters. The largest absolute Gasteiger partial charge is 0.458 e. The van der Waals surface area contributed by atoms with Crippen molar-refractivity contribution in [3.05, 3.63) is 196 Å². The number of hydrogen-bond acceptors (Lipinski definition) is 14. The van der Waals surface area contributed by atoms with E-state index in [0.717, 1.165) is 4.63 Å². The highest BCUT2D eigenvalue weighted by Crippen LogP contribution is 2.48. The minimum absolute atomic E-state index is 0.0473. The maximum absolute atomic E-state index is 14.4. The van der Waals surface area contributed by atoms with Crippen LogP contribution < -0.4 is 0 Å². The number of carbonyl (C=O) groups is 5. The first-order valence-electron chi connectivity index (χ1n) is 20.4. The van der Waals surface area contributed by atoms with Crippen LogP contribution >= 0.6 is 11.6 Å². The van der Waals surface area contributed by atoms with Gasteiger partial charge in [-0.3, -0.25) is 4.68 Å². The zero-order valence-corrected chi connectivity index (χ0v) is 35.9. The van der Waals surface area contributed by atoms with Crippen molar-refractivity contribution in [1.82, 2.24) is 25.3 Å². The molecule has 17 nitrogen and oxygen atoms in total. The molecule has 1 aliphatic rings. The number of carbonyl (C=O) groups excluding carboxylic acids is 5. The molecule has 0 bridgehead atoms. The first kappa shape index (κ1) is 44.3. The summed E-state index contributed by atoms with van der Waals surface area (Å²) in [5.74, 6) is -4.59. The highest BCUT2D eigenvalue weighted by atomic mass is 35.5. The van der Waals surface area contributed by atoms with E-state index in [0.29, 0.717) is 5.56 Å². The van der Waals surface area contributed by atoms with E-state index < -0.39 is 66.4 Å². The molecule has 0 N–H and O–H groups in total. The van der Waals surface area contributed by atoms with Gasteiger partial charge < -0.3 is 29.1 Å². The van der Waals surface area contributed by atoms with E-state index in [9.17, 15) is 24.0 Å². The van der Waals surface area contributed by atoms with Gasteiger partial charge in [0.1, 0.15) is 11.8 Å². The van der Waals surface area contributed by atoms with Crippen molar-refractivity contribution in [3.63, 3.8) is 0 Å². The lowest BCUT2D eigenvalue weighted by Crippen LogP contribution is -2.54. The second-order valence-corrected chi connectivity index (χ2v) is 15.5. The van der Waals surface area contributed by atoms with Crippen LogP contribution in [0.2, 0.25) is 5.15 Å². The third-order valence-electron chi connectivity index (χ3n) is 10.4. The lowest BCUT2D eigenvalue weighted by molar-refractivity contribution is -0.551. The molecule has 1 aliphatic heterocycles. The average molecular weight is 908 g/mol. The fraction of sp³-hybridized carbons (Fsp3) is 0.167. The average Bonchev–Trinajstić information content (AvgIpc) is 3.92. The second-order valence-electron chi connectivity index (χ2n) is 15.1. The smallest absolute Gasteiger partial charge is 0.339 e. The molecule has 0 amide bonds. The first-order chi connectivity index (χ1) is 32.0. The normalized spacial score (nSPS) is 15.0. The molecule has 7 aromatic rings. The van der Waals surface area contributed by atoms with Crippen molar-refractivity contribution in [2.45, 2.75) is 43.8 Å². The Kier molecular flexibility index (Phi) is 13.2. The molecule has 3 heterocycles.